The minimum atomic E-state index is -0.672. The zero-order chi connectivity index (χ0) is 14.1. The number of nitrogens with two attached hydrogens (primary N) is 1. The lowest BCUT2D eigenvalue weighted by Gasteiger charge is -2.09. The van der Waals surface area contributed by atoms with E-state index in [0.29, 0.717) is 26.4 Å². The van der Waals surface area contributed by atoms with E-state index in [1.807, 2.05) is 0 Å². The third-order valence-electron chi connectivity index (χ3n) is 2.51. The standard InChI is InChI=1S/C13H20F2N2O2/c1-18-6-7-19-5-3-2-4-17-13-11(14)8-10(16)9-12(13)15/h8-9,17H,2-7,16H2,1H3. The number of hydrogen-bond donors (Lipinski definition) is 2. The van der Waals surface area contributed by atoms with Crippen molar-refractivity contribution in [1.29, 1.82) is 0 Å². The lowest BCUT2D eigenvalue weighted by atomic mass is 10.2. The van der Waals surface area contributed by atoms with Gasteiger partial charge in [-0.2, -0.15) is 0 Å². The first-order valence-corrected chi connectivity index (χ1v) is 6.20. The summed E-state index contributed by atoms with van der Waals surface area (Å²) in [6.07, 6.45) is 1.57. The molecule has 0 radical (unpaired) electrons. The van der Waals surface area contributed by atoms with Gasteiger partial charge < -0.3 is 20.5 Å². The summed E-state index contributed by atoms with van der Waals surface area (Å²) < 4.78 is 36.9. The van der Waals surface area contributed by atoms with Gasteiger partial charge in [0.2, 0.25) is 0 Å². The normalized spacial score (nSPS) is 10.7. The molecule has 0 unspecified atom stereocenters. The molecule has 1 aromatic carbocycles. The van der Waals surface area contributed by atoms with Gasteiger partial charge in [0.05, 0.1) is 13.2 Å². The monoisotopic (exact) mass is 274 g/mol. The molecule has 3 N–H and O–H groups in total. The maximum atomic E-state index is 13.4. The van der Waals surface area contributed by atoms with Crippen LogP contribution in [0.2, 0.25) is 0 Å². The van der Waals surface area contributed by atoms with Crippen molar-refractivity contribution in [3.8, 4) is 0 Å². The highest BCUT2D eigenvalue weighted by Crippen LogP contribution is 2.21. The van der Waals surface area contributed by atoms with Gasteiger partial charge in [0.25, 0.3) is 0 Å². The van der Waals surface area contributed by atoms with Crippen molar-refractivity contribution < 1.29 is 18.3 Å². The number of nitrogen functional groups attached to an aromatic ring is 1. The van der Waals surface area contributed by atoms with Gasteiger partial charge in [0, 0.05) is 25.9 Å². The fourth-order valence-electron chi connectivity index (χ4n) is 1.55. The number of anilines is 2. The van der Waals surface area contributed by atoms with Gasteiger partial charge in [-0.3, -0.25) is 0 Å². The fourth-order valence-corrected chi connectivity index (χ4v) is 1.55. The van der Waals surface area contributed by atoms with Crippen molar-refractivity contribution in [1.82, 2.24) is 0 Å². The smallest absolute Gasteiger partial charge is 0.151 e. The lowest BCUT2D eigenvalue weighted by Crippen LogP contribution is -2.08. The molecule has 0 aliphatic carbocycles. The molecule has 19 heavy (non-hydrogen) atoms. The fraction of sp³-hybridized carbons (Fsp3) is 0.538. The summed E-state index contributed by atoms with van der Waals surface area (Å²) in [4.78, 5) is 0. The van der Waals surface area contributed by atoms with E-state index < -0.39 is 11.6 Å². The van der Waals surface area contributed by atoms with Crippen LogP contribution in [0.25, 0.3) is 0 Å². The highest BCUT2D eigenvalue weighted by molar-refractivity contribution is 5.53. The van der Waals surface area contributed by atoms with Gasteiger partial charge >= 0.3 is 0 Å². The van der Waals surface area contributed by atoms with Gasteiger partial charge in [-0.25, -0.2) is 8.78 Å². The Hall–Kier alpha value is -1.40. The molecule has 0 spiro atoms. The van der Waals surface area contributed by atoms with Crippen LogP contribution in [-0.4, -0.2) is 33.5 Å². The zero-order valence-electron chi connectivity index (χ0n) is 11.0. The Bertz CT molecular complexity index is 366. The van der Waals surface area contributed by atoms with Crippen molar-refractivity contribution in [2.45, 2.75) is 12.8 Å². The first-order valence-electron chi connectivity index (χ1n) is 6.20. The second-order valence-electron chi connectivity index (χ2n) is 4.10. The molecule has 0 amide bonds. The van der Waals surface area contributed by atoms with Crippen LogP contribution in [-0.2, 0) is 9.47 Å². The molecule has 0 aromatic heterocycles. The maximum Gasteiger partial charge on any atom is 0.151 e. The minimum absolute atomic E-state index is 0.0760. The number of benzene rings is 1. The average Bonchev–Trinajstić information content (AvgIpc) is 2.35. The average molecular weight is 274 g/mol. The van der Waals surface area contributed by atoms with Gasteiger partial charge in [0.1, 0.15) is 5.69 Å². The quantitative estimate of drug-likeness (QED) is 0.536. The van der Waals surface area contributed by atoms with Gasteiger partial charge in [-0.1, -0.05) is 0 Å². The summed E-state index contributed by atoms with van der Waals surface area (Å²) in [6.45, 7) is 2.22. The van der Waals surface area contributed by atoms with Crippen LogP contribution in [0.15, 0.2) is 12.1 Å². The molecule has 1 rings (SSSR count). The van der Waals surface area contributed by atoms with E-state index >= 15 is 0 Å². The Morgan fingerprint density at radius 1 is 1.11 bits per heavy atom. The van der Waals surface area contributed by atoms with Gasteiger partial charge in [-0.15, -0.1) is 0 Å². The molecule has 0 saturated heterocycles. The Labute approximate surface area is 111 Å². The van der Waals surface area contributed by atoms with Crippen LogP contribution in [0, 0.1) is 11.6 Å². The molecule has 6 heteroatoms. The minimum Gasteiger partial charge on any atom is -0.399 e. The Morgan fingerprint density at radius 3 is 2.42 bits per heavy atom. The maximum absolute atomic E-state index is 13.4. The predicted octanol–water partition coefficient (Wildman–Crippen LogP) is 2.40. The Balaban J connectivity index is 2.19. The number of ether oxygens (including phenoxy) is 2. The molecular weight excluding hydrogens is 254 g/mol. The van der Waals surface area contributed by atoms with E-state index in [1.54, 1.807) is 7.11 Å². The van der Waals surface area contributed by atoms with Gasteiger partial charge in [0.15, 0.2) is 11.6 Å². The largest absolute Gasteiger partial charge is 0.399 e. The van der Waals surface area contributed by atoms with E-state index in [9.17, 15) is 8.78 Å². The van der Waals surface area contributed by atoms with Crippen LogP contribution in [0.4, 0.5) is 20.2 Å². The highest BCUT2D eigenvalue weighted by atomic mass is 19.1. The SMILES string of the molecule is COCCOCCCCNc1c(F)cc(N)cc1F. The van der Waals surface area contributed by atoms with E-state index in [4.69, 9.17) is 15.2 Å². The molecule has 4 nitrogen and oxygen atoms in total. The number of methoxy groups -OCH3 is 1. The van der Waals surface area contributed by atoms with E-state index in [-0.39, 0.29) is 11.4 Å². The number of nitrogens with one attached hydrogen (secondary N) is 1. The molecule has 0 saturated carbocycles. The molecule has 1 aromatic rings. The van der Waals surface area contributed by atoms with Crippen molar-refractivity contribution >= 4 is 11.4 Å². The Kier molecular flexibility index (Phi) is 7.14. The van der Waals surface area contributed by atoms with Crippen LogP contribution in [0.3, 0.4) is 0 Å². The first kappa shape index (κ1) is 15.7. The summed E-state index contributed by atoms with van der Waals surface area (Å²) in [6, 6.07) is 2.19. The first-order chi connectivity index (χ1) is 9.15. The van der Waals surface area contributed by atoms with Crippen LogP contribution >= 0.6 is 0 Å². The topological polar surface area (TPSA) is 56.5 Å². The predicted molar refractivity (Wildman–Crippen MR) is 71.2 cm³/mol. The van der Waals surface area contributed by atoms with Crippen LogP contribution in [0.1, 0.15) is 12.8 Å². The molecule has 0 heterocycles. The number of hydrogen-bond acceptors (Lipinski definition) is 4. The van der Waals surface area contributed by atoms with Crippen LogP contribution < -0.4 is 11.1 Å². The summed E-state index contributed by atoms with van der Waals surface area (Å²) in [7, 11) is 1.61. The second kappa shape index (κ2) is 8.66. The van der Waals surface area contributed by atoms with Crippen molar-refractivity contribution in [3.63, 3.8) is 0 Å². The van der Waals surface area contributed by atoms with E-state index in [1.165, 1.54) is 0 Å². The number of unbranched alkanes of at least 4 members (excludes halogenated alkanes) is 1. The summed E-state index contributed by atoms with van der Waals surface area (Å²) in [5.41, 5.74) is 5.27. The van der Waals surface area contributed by atoms with Gasteiger partial charge in [-0.05, 0) is 25.0 Å². The highest BCUT2D eigenvalue weighted by Gasteiger charge is 2.09. The summed E-state index contributed by atoms with van der Waals surface area (Å²) >= 11 is 0. The Morgan fingerprint density at radius 2 is 1.79 bits per heavy atom. The zero-order valence-corrected chi connectivity index (χ0v) is 11.0. The third kappa shape index (κ3) is 5.85. The summed E-state index contributed by atoms with van der Waals surface area (Å²) in [5.74, 6) is -1.34. The molecule has 0 bridgehead atoms. The molecule has 0 aliphatic heterocycles. The van der Waals surface area contributed by atoms with Crippen molar-refractivity contribution in [2.75, 3.05) is 44.5 Å². The van der Waals surface area contributed by atoms with Crippen LogP contribution in [0.5, 0.6) is 0 Å². The van der Waals surface area contributed by atoms with E-state index in [2.05, 4.69) is 5.32 Å². The number of halogens is 2. The molecule has 0 aliphatic rings. The molecular formula is C13H20F2N2O2. The third-order valence-corrected chi connectivity index (χ3v) is 2.51. The molecule has 0 atom stereocenters. The van der Waals surface area contributed by atoms with E-state index in [0.717, 1.165) is 25.0 Å². The lowest BCUT2D eigenvalue weighted by molar-refractivity contribution is 0.0691. The summed E-state index contributed by atoms with van der Waals surface area (Å²) in [5, 5.41) is 2.72. The van der Waals surface area contributed by atoms with Crippen molar-refractivity contribution in [3.05, 3.63) is 23.8 Å². The number of rotatable bonds is 9. The molecule has 0 fully saturated rings. The van der Waals surface area contributed by atoms with Crippen molar-refractivity contribution in [2.24, 2.45) is 0 Å². The second-order valence-corrected chi connectivity index (χ2v) is 4.10. The molecule has 108 valence electrons.